The first-order valence-electron chi connectivity index (χ1n) is 10.1. The van der Waals surface area contributed by atoms with E-state index in [9.17, 15) is 9.59 Å². The highest BCUT2D eigenvalue weighted by Gasteiger charge is 2.30. The van der Waals surface area contributed by atoms with Crippen molar-refractivity contribution < 1.29 is 24.0 Å². The molecule has 6 heteroatoms. The fraction of sp³-hybridized carbons (Fsp3) is 0.500. The summed E-state index contributed by atoms with van der Waals surface area (Å²) >= 11 is 0. The molecule has 0 spiro atoms. The number of nitrogens with zero attached hydrogens (tertiary/aromatic N) is 1. The number of nitrogens with one attached hydrogen (secondary N) is 1. The van der Waals surface area contributed by atoms with Crippen molar-refractivity contribution in [3.8, 4) is 0 Å². The number of pyridine rings is 1. The summed E-state index contributed by atoms with van der Waals surface area (Å²) in [6, 6.07) is 7.88. The van der Waals surface area contributed by atoms with Crippen LogP contribution in [0.5, 0.6) is 0 Å². The molecule has 2 heterocycles. The van der Waals surface area contributed by atoms with Crippen molar-refractivity contribution >= 4 is 22.8 Å². The summed E-state index contributed by atoms with van der Waals surface area (Å²) in [7, 11) is 0. The number of carbonyl (C=O) groups excluding carboxylic acids is 2. The summed E-state index contributed by atoms with van der Waals surface area (Å²) in [5.41, 5.74) is 3.17. The summed E-state index contributed by atoms with van der Waals surface area (Å²) in [6.45, 7) is 8.74. The maximum atomic E-state index is 12.7. The van der Waals surface area contributed by atoms with Crippen LogP contribution in [0.15, 0.2) is 24.3 Å². The number of hydrogen-bond donors (Lipinski definition) is 1. The van der Waals surface area contributed by atoms with Crippen molar-refractivity contribution in [2.75, 3.05) is 26.3 Å². The maximum absolute atomic E-state index is 12.7. The van der Waals surface area contributed by atoms with E-state index >= 15 is 0 Å². The molecular weight excluding hydrogens is 356 g/mol. The molecule has 0 unspecified atom stereocenters. The van der Waals surface area contributed by atoms with Crippen LogP contribution in [0, 0.1) is 12.8 Å². The lowest BCUT2D eigenvalue weighted by Crippen LogP contribution is -3.12. The lowest BCUT2D eigenvalue weighted by molar-refractivity contribution is -0.919. The number of carbonyl (C=O) groups is 2. The molecule has 0 radical (unpaired) electrons. The van der Waals surface area contributed by atoms with Crippen molar-refractivity contribution in [3.63, 3.8) is 0 Å². The standard InChI is InChI=1S/C22H28N2O4/c1-4-27-21(25)16-10-12-24(13-11-16)14-19-20(22(26)28-5-2)15(3)17-8-6-7-9-18(17)23-19/h6-9,16H,4-5,10-14H2,1-3H3/p+1. The minimum atomic E-state index is -0.311. The molecule has 1 saturated heterocycles. The highest BCUT2D eigenvalue weighted by Crippen LogP contribution is 2.23. The molecule has 0 amide bonds. The van der Waals surface area contributed by atoms with E-state index in [0.717, 1.165) is 48.1 Å². The monoisotopic (exact) mass is 385 g/mol. The molecule has 0 saturated carbocycles. The van der Waals surface area contributed by atoms with Gasteiger partial charge in [-0.1, -0.05) is 18.2 Å². The second-order valence-electron chi connectivity index (χ2n) is 7.25. The fourth-order valence-electron chi connectivity index (χ4n) is 3.98. The number of hydrogen-bond acceptors (Lipinski definition) is 5. The number of benzene rings is 1. The Bertz CT molecular complexity index is 857. The van der Waals surface area contributed by atoms with E-state index in [0.29, 0.717) is 25.3 Å². The van der Waals surface area contributed by atoms with Crippen molar-refractivity contribution in [1.82, 2.24) is 4.98 Å². The summed E-state index contributed by atoms with van der Waals surface area (Å²) in [5, 5.41) is 0.977. The van der Waals surface area contributed by atoms with Crippen LogP contribution in [-0.2, 0) is 20.8 Å². The molecule has 1 N–H and O–H groups in total. The number of esters is 2. The normalized spacial score (nSPS) is 19.4. The van der Waals surface area contributed by atoms with Crippen LogP contribution in [0.2, 0.25) is 0 Å². The molecule has 3 rings (SSSR count). The topological polar surface area (TPSA) is 69.9 Å². The number of quaternary nitrogens is 1. The van der Waals surface area contributed by atoms with Gasteiger partial charge in [0.05, 0.1) is 43.3 Å². The van der Waals surface area contributed by atoms with Crippen LogP contribution in [0.25, 0.3) is 10.9 Å². The van der Waals surface area contributed by atoms with Gasteiger partial charge >= 0.3 is 11.9 Å². The average Bonchev–Trinajstić information content (AvgIpc) is 2.69. The van der Waals surface area contributed by atoms with Gasteiger partial charge < -0.3 is 14.4 Å². The van der Waals surface area contributed by atoms with Crippen molar-refractivity contribution in [2.24, 2.45) is 5.92 Å². The van der Waals surface area contributed by atoms with E-state index in [1.807, 2.05) is 45.0 Å². The lowest BCUT2D eigenvalue weighted by atomic mass is 9.96. The second-order valence-corrected chi connectivity index (χ2v) is 7.25. The van der Waals surface area contributed by atoms with Gasteiger partial charge in [-0.3, -0.25) is 4.79 Å². The third-order valence-electron chi connectivity index (χ3n) is 5.44. The van der Waals surface area contributed by atoms with E-state index in [1.54, 1.807) is 0 Å². The third-order valence-corrected chi connectivity index (χ3v) is 5.44. The second kappa shape index (κ2) is 9.15. The van der Waals surface area contributed by atoms with Crippen molar-refractivity contribution in [3.05, 3.63) is 41.1 Å². The Morgan fingerprint density at radius 3 is 2.46 bits per heavy atom. The number of fused-ring (bicyclic) bond motifs is 1. The van der Waals surface area contributed by atoms with Crippen LogP contribution in [-0.4, -0.2) is 43.2 Å². The minimum absolute atomic E-state index is 0.0143. The Hall–Kier alpha value is -2.47. The van der Waals surface area contributed by atoms with E-state index in [1.165, 1.54) is 4.90 Å². The first-order chi connectivity index (χ1) is 13.5. The number of para-hydroxylation sites is 1. The Morgan fingerprint density at radius 1 is 1.11 bits per heavy atom. The zero-order valence-electron chi connectivity index (χ0n) is 16.9. The molecule has 1 fully saturated rings. The molecular formula is C22H29N2O4+. The zero-order chi connectivity index (χ0) is 20.1. The van der Waals surface area contributed by atoms with E-state index in [-0.39, 0.29) is 17.9 Å². The Labute approximate surface area is 165 Å². The molecule has 1 aromatic heterocycles. The number of likely N-dealkylation sites (tertiary alicyclic amines) is 1. The van der Waals surface area contributed by atoms with Gasteiger partial charge in [-0.05, 0) is 32.4 Å². The molecule has 0 bridgehead atoms. The van der Waals surface area contributed by atoms with Crippen LogP contribution < -0.4 is 4.90 Å². The molecule has 1 aliphatic rings. The predicted octanol–water partition coefficient (Wildman–Crippen LogP) is 2.08. The number of rotatable bonds is 6. The molecule has 1 aliphatic heterocycles. The highest BCUT2D eigenvalue weighted by molar-refractivity contribution is 5.98. The van der Waals surface area contributed by atoms with E-state index in [4.69, 9.17) is 14.5 Å². The number of ether oxygens (including phenoxy) is 2. The zero-order valence-corrected chi connectivity index (χ0v) is 16.9. The largest absolute Gasteiger partial charge is 0.466 e. The van der Waals surface area contributed by atoms with E-state index in [2.05, 4.69) is 0 Å². The van der Waals surface area contributed by atoms with E-state index < -0.39 is 0 Å². The number of piperidine rings is 1. The fourth-order valence-corrected chi connectivity index (χ4v) is 3.98. The molecule has 6 nitrogen and oxygen atoms in total. The Kier molecular flexibility index (Phi) is 6.62. The predicted molar refractivity (Wildman–Crippen MR) is 106 cm³/mol. The average molecular weight is 385 g/mol. The summed E-state index contributed by atoms with van der Waals surface area (Å²) < 4.78 is 10.5. The van der Waals surface area contributed by atoms with Crippen LogP contribution >= 0.6 is 0 Å². The Balaban J connectivity index is 1.83. The van der Waals surface area contributed by atoms with Gasteiger partial charge in [-0.15, -0.1) is 0 Å². The van der Waals surface area contributed by atoms with Crippen LogP contribution in [0.4, 0.5) is 0 Å². The van der Waals surface area contributed by atoms with Crippen molar-refractivity contribution in [2.45, 2.75) is 40.2 Å². The van der Waals surface area contributed by atoms with Crippen LogP contribution in [0.3, 0.4) is 0 Å². The summed E-state index contributed by atoms with van der Waals surface area (Å²) in [6.07, 6.45) is 1.60. The molecule has 0 atom stereocenters. The molecule has 150 valence electrons. The van der Waals surface area contributed by atoms with Gasteiger partial charge in [0.2, 0.25) is 0 Å². The van der Waals surface area contributed by atoms with Crippen LogP contribution in [0.1, 0.15) is 48.3 Å². The van der Waals surface area contributed by atoms with Crippen molar-refractivity contribution in [1.29, 1.82) is 0 Å². The number of aromatic nitrogens is 1. The number of aryl methyl sites for hydroxylation is 1. The highest BCUT2D eigenvalue weighted by atomic mass is 16.5. The van der Waals surface area contributed by atoms with Gasteiger partial charge in [0.25, 0.3) is 0 Å². The lowest BCUT2D eigenvalue weighted by Gasteiger charge is -2.28. The summed E-state index contributed by atoms with van der Waals surface area (Å²) in [4.78, 5) is 30.7. The third kappa shape index (κ3) is 4.33. The maximum Gasteiger partial charge on any atom is 0.340 e. The first-order valence-corrected chi connectivity index (χ1v) is 10.1. The van der Waals surface area contributed by atoms with Gasteiger partial charge in [-0.25, -0.2) is 9.78 Å². The molecule has 28 heavy (non-hydrogen) atoms. The Morgan fingerprint density at radius 2 is 1.79 bits per heavy atom. The minimum Gasteiger partial charge on any atom is -0.466 e. The van der Waals surface area contributed by atoms with Gasteiger partial charge in [0.1, 0.15) is 12.2 Å². The van der Waals surface area contributed by atoms with Gasteiger partial charge in [0.15, 0.2) is 0 Å². The summed E-state index contributed by atoms with van der Waals surface area (Å²) in [5.74, 6) is -0.415. The quantitative estimate of drug-likeness (QED) is 0.771. The molecule has 0 aliphatic carbocycles. The first kappa shape index (κ1) is 20.3. The smallest absolute Gasteiger partial charge is 0.340 e. The molecule has 2 aromatic rings. The SMILES string of the molecule is CCOC(=O)c1c(C[NH+]2CCC(C(=O)OCC)CC2)nc2ccccc2c1C. The molecule has 1 aromatic carbocycles. The van der Waals surface area contributed by atoms with Gasteiger partial charge in [-0.2, -0.15) is 0 Å². The van der Waals surface area contributed by atoms with Gasteiger partial charge in [0, 0.05) is 18.2 Å².